The van der Waals surface area contributed by atoms with Gasteiger partial charge in [-0.25, -0.2) is 0 Å². The average molecular weight is 270 g/mol. The molecule has 2 heterocycles. The highest BCUT2D eigenvalue weighted by Gasteiger charge is 2.20. The van der Waals surface area contributed by atoms with Crippen molar-refractivity contribution in [1.82, 2.24) is 4.98 Å². The monoisotopic (exact) mass is 270 g/mol. The van der Waals surface area contributed by atoms with E-state index < -0.39 is 0 Å². The summed E-state index contributed by atoms with van der Waals surface area (Å²) in [4.78, 5) is 17.1. The third-order valence-electron chi connectivity index (χ3n) is 3.04. The number of aromatic nitrogens is 1. The van der Waals surface area contributed by atoms with E-state index in [-0.39, 0.29) is 5.91 Å². The molecule has 0 spiro atoms. The molecule has 1 aliphatic rings. The minimum Gasteiger partial charge on any atom is -0.359 e. The van der Waals surface area contributed by atoms with Crippen molar-refractivity contribution in [3.8, 4) is 0 Å². The maximum Gasteiger partial charge on any atom is 0.262 e. The number of hydrogen-bond donors (Lipinski definition) is 2. The van der Waals surface area contributed by atoms with Gasteiger partial charge < -0.3 is 10.3 Å². The molecule has 0 saturated carbocycles. The second-order valence-corrected chi connectivity index (χ2v) is 5.69. The molecule has 3 nitrogen and oxygen atoms in total. The number of hydrogen-bond acceptors (Lipinski definition) is 2. The van der Waals surface area contributed by atoms with Crippen LogP contribution in [0, 0.1) is 13.8 Å². The van der Waals surface area contributed by atoms with Crippen LogP contribution in [0.4, 0.5) is 5.69 Å². The number of anilines is 1. The van der Waals surface area contributed by atoms with E-state index in [1.165, 1.54) is 11.8 Å². The second-order valence-electron chi connectivity index (χ2n) is 4.61. The Kier molecular flexibility index (Phi) is 2.95. The Bertz CT molecular complexity index is 685. The number of aromatic amines is 1. The first-order chi connectivity index (χ1) is 9.13. The zero-order valence-corrected chi connectivity index (χ0v) is 11.6. The van der Waals surface area contributed by atoms with Crippen LogP contribution in [0.15, 0.2) is 40.1 Å². The van der Waals surface area contributed by atoms with Gasteiger partial charge in [-0.2, -0.15) is 0 Å². The third-order valence-corrected chi connectivity index (χ3v) is 4.14. The Morgan fingerprint density at radius 3 is 2.74 bits per heavy atom. The summed E-state index contributed by atoms with van der Waals surface area (Å²) in [5.74, 6) is -0.0460. The molecule has 3 rings (SSSR count). The lowest BCUT2D eigenvalue weighted by atomic mass is 10.2. The Hall–Kier alpha value is -1.94. The first-order valence-electron chi connectivity index (χ1n) is 6.09. The predicted molar refractivity (Wildman–Crippen MR) is 79.2 cm³/mol. The summed E-state index contributed by atoms with van der Waals surface area (Å²) in [5.41, 5.74) is 4.13. The van der Waals surface area contributed by atoms with Crippen molar-refractivity contribution in [2.75, 3.05) is 5.32 Å². The molecule has 2 aromatic rings. The van der Waals surface area contributed by atoms with Crippen molar-refractivity contribution < 1.29 is 4.79 Å². The fourth-order valence-corrected chi connectivity index (χ4v) is 3.07. The van der Waals surface area contributed by atoms with Crippen LogP contribution in [-0.4, -0.2) is 10.9 Å². The summed E-state index contributed by atoms with van der Waals surface area (Å²) in [6, 6.07) is 9.91. The second kappa shape index (κ2) is 4.63. The van der Waals surface area contributed by atoms with Crippen LogP contribution in [0.5, 0.6) is 0 Å². The number of thioether (sulfide) groups is 1. The molecule has 1 amide bonds. The van der Waals surface area contributed by atoms with Crippen LogP contribution in [-0.2, 0) is 4.79 Å². The van der Waals surface area contributed by atoms with E-state index in [0.29, 0.717) is 4.91 Å². The molecule has 0 radical (unpaired) electrons. The van der Waals surface area contributed by atoms with Crippen LogP contribution in [0.3, 0.4) is 0 Å². The maximum absolute atomic E-state index is 12.1. The summed E-state index contributed by atoms with van der Waals surface area (Å²) in [6.45, 7) is 4.05. The number of fused-ring (bicyclic) bond motifs is 1. The van der Waals surface area contributed by atoms with Gasteiger partial charge in [0, 0.05) is 16.3 Å². The van der Waals surface area contributed by atoms with Gasteiger partial charge in [-0.1, -0.05) is 23.9 Å². The number of nitrogens with one attached hydrogen (secondary N) is 2. The van der Waals surface area contributed by atoms with E-state index in [9.17, 15) is 4.79 Å². The minimum absolute atomic E-state index is 0.0460. The highest BCUT2D eigenvalue weighted by Crippen LogP contribution is 2.38. The zero-order valence-electron chi connectivity index (χ0n) is 10.8. The van der Waals surface area contributed by atoms with E-state index in [2.05, 4.69) is 16.4 Å². The first-order valence-corrected chi connectivity index (χ1v) is 6.91. The zero-order chi connectivity index (χ0) is 13.4. The van der Waals surface area contributed by atoms with E-state index >= 15 is 0 Å². The molecule has 0 atom stereocenters. The molecule has 2 N–H and O–H groups in total. The number of para-hydroxylation sites is 1. The van der Waals surface area contributed by atoms with Crippen molar-refractivity contribution in [3.05, 3.63) is 52.2 Å². The number of benzene rings is 1. The van der Waals surface area contributed by atoms with Crippen molar-refractivity contribution >= 4 is 29.4 Å². The van der Waals surface area contributed by atoms with Gasteiger partial charge in [0.2, 0.25) is 0 Å². The van der Waals surface area contributed by atoms with Gasteiger partial charge in [0.05, 0.1) is 10.6 Å². The number of carbonyl (C=O) groups is 1. The highest BCUT2D eigenvalue weighted by atomic mass is 32.2. The van der Waals surface area contributed by atoms with Crippen LogP contribution in [0.25, 0.3) is 6.08 Å². The molecule has 4 heteroatoms. The highest BCUT2D eigenvalue weighted by molar-refractivity contribution is 8.04. The maximum atomic E-state index is 12.1. The van der Waals surface area contributed by atoms with Gasteiger partial charge in [0.25, 0.3) is 5.91 Å². The predicted octanol–water partition coefficient (Wildman–Crippen LogP) is 3.72. The first kappa shape index (κ1) is 12.1. The number of aryl methyl sites for hydroxylation is 2. The Morgan fingerprint density at radius 2 is 2.00 bits per heavy atom. The normalized spacial score (nSPS) is 16.3. The van der Waals surface area contributed by atoms with Gasteiger partial charge in [-0.15, -0.1) is 0 Å². The molecule has 0 bridgehead atoms. The van der Waals surface area contributed by atoms with Crippen LogP contribution in [0.2, 0.25) is 0 Å². The van der Waals surface area contributed by atoms with E-state index in [0.717, 1.165) is 27.5 Å². The lowest BCUT2D eigenvalue weighted by Gasteiger charge is -2.18. The summed E-state index contributed by atoms with van der Waals surface area (Å²) < 4.78 is 0. The molecule has 0 fully saturated rings. The van der Waals surface area contributed by atoms with E-state index in [4.69, 9.17) is 0 Å². The van der Waals surface area contributed by atoms with Gasteiger partial charge in [0.1, 0.15) is 0 Å². The van der Waals surface area contributed by atoms with Gasteiger partial charge in [-0.3, -0.25) is 4.79 Å². The van der Waals surface area contributed by atoms with Crippen molar-refractivity contribution in [2.45, 2.75) is 18.7 Å². The van der Waals surface area contributed by atoms with Crippen LogP contribution in [0.1, 0.15) is 17.0 Å². The molecule has 1 aliphatic heterocycles. The van der Waals surface area contributed by atoms with E-state index in [1.54, 1.807) is 0 Å². The summed E-state index contributed by atoms with van der Waals surface area (Å²) in [7, 11) is 0. The largest absolute Gasteiger partial charge is 0.359 e. The Morgan fingerprint density at radius 1 is 1.21 bits per heavy atom. The molecular weight excluding hydrogens is 256 g/mol. The molecule has 0 aliphatic carbocycles. The Balaban J connectivity index is 1.99. The molecule has 0 saturated heterocycles. The van der Waals surface area contributed by atoms with Crippen LogP contribution < -0.4 is 5.32 Å². The van der Waals surface area contributed by atoms with E-state index in [1.807, 2.05) is 44.2 Å². The lowest BCUT2D eigenvalue weighted by Crippen LogP contribution is -2.17. The summed E-state index contributed by atoms with van der Waals surface area (Å²) in [5, 5.41) is 2.91. The Labute approximate surface area is 116 Å². The topological polar surface area (TPSA) is 44.9 Å². The number of amides is 1. The quantitative estimate of drug-likeness (QED) is 0.776. The summed E-state index contributed by atoms with van der Waals surface area (Å²) >= 11 is 1.51. The number of carbonyl (C=O) groups excluding carboxylic acids is 1. The number of rotatable bonds is 1. The fraction of sp³-hybridized carbons (Fsp3) is 0.133. The standard InChI is InChI=1S/C15H14N2OS/c1-9-7-10(2)16-12(9)8-14-15(18)17-11-5-3-4-6-13(11)19-14/h3-8,16H,1-2H3,(H,17,18)/b14-8-. The fourth-order valence-electron chi connectivity index (χ4n) is 2.13. The molecule has 1 aromatic carbocycles. The smallest absolute Gasteiger partial charge is 0.262 e. The molecule has 1 aromatic heterocycles. The lowest BCUT2D eigenvalue weighted by molar-refractivity contribution is -0.112. The number of H-pyrrole nitrogens is 1. The average Bonchev–Trinajstić information content (AvgIpc) is 2.69. The molecule has 19 heavy (non-hydrogen) atoms. The molecule has 96 valence electrons. The summed E-state index contributed by atoms with van der Waals surface area (Å²) in [6.07, 6.45) is 1.91. The van der Waals surface area contributed by atoms with Gasteiger partial charge in [0.15, 0.2) is 0 Å². The van der Waals surface area contributed by atoms with Crippen molar-refractivity contribution in [2.24, 2.45) is 0 Å². The minimum atomic E-state index is -0.0460. The van der Waals surface area contributed by atoms with Crippen LogP contribution >= 0.6 is 11.8 Å². The van der Waals surface area contributed by atoms with Crippen molar-refractivity contribution in [1.29, 1.82) is 0 Å². The van der Waals surface area contributed by atoms with Gasteiger partial charge in [-0.05, 0) is 43.7 Å². The third kappa shape index (κ3) is 2.31. The SMILES string of the molecule is Cc1cc(C)c(/C=C2\Sc3ccccc3NC2=O)[nH]1. The molecular formula is C15H14N2OS. The van der Waals surface area contributed by atoms with Crippen molar-refractivity contribution in [3.63, 3.8) is 0 Å². The van der Waals surface area contributed by atoms with Gasteiger partial charge >= 0.3 is 0 Å². The molecule has 0 unspecified atom stereocenters.